The van der Waals surface area contributed by atoms with Gasteiger partial charge in [0.15, 0.2) is 0 Å². The van der Waals surface area contributed by atoms with E-state index >= 15 is 0 Å². The maximum Gasteiger partial charge on any atom is 0.273 e. The number of rotatable bonds is 5. The van der Waals surface area contributed by atoms with Gasteiger partial charge in [-0.25, -0.2) is 0 Å². The van der Waals surface area contributed by atoms with Crippen molar-refractivity contribution < 1.29 is 9.66 Å². The lowest BCUT2D eigenvalue weighted by Crippen LogP contribution is -2.47. The van der Waals surface area contributed by atoms with Gasteiger partial charge in [0, 0.05) is 25.2 Å². The Kier molecular flexibility index (Phi) is 4.40. The Balaban J connectivity index is 1.48. The number of non-ortho nitro benzene ring substituents is 1. The molecule has 130 valence electrons. The molecule has 2 aliphatic rings. The van der Waals surface area contributed by atoms with Gasteiger partial charge in [0.05, 0.1) is 11.0 Å². The van der Waals surface area contributed by atoms with Crippen LogP contribution in [0, 0.1) is 16.0 Å². The van der Waals surface area contributed by atoms with E-state index in [9.17, 15) is 10.1 Å². The molecule has 1 aliphatic carbocycles. The molecular formula is C20H22N2O3. The lowest BCUT2D eigenvalue weighted by Gasteiger charge is -2.38. The van der Waals surface area contributed by atoms with E-state index in [1.165, 1.54) is 30.5 Å². The summed E-state index contributed by atoms with van der Waals surface area (Å²) in [5, 5.41) is 11.0. The Bertz CT molecular complexity index is 750. The minimum atomic E-state index is -0.374. The third-order valence-electron chi connectivity index (χ3n) is 5.45. The molecule has 2 fully saturated rings. The molecular weight excluding hydrogens is 316 g/mol. The minimum absolute atomic E-state index is 0.0822. The zero-order valence-electron chi connectivity index (χ0n) is 14.1. The average Bonchev–Trinajstić information content (AvgIpc) is 3.06. The van der Waals surface area contributed by atoms with Gasteiger partial charge in [0.2, 0.25) is 0 Å². The van der Waals surface area contributed by atoms with Crippen LogP contribution in [0.1, 0.15) is 24.8 Å². The molecule has 25 heavy (non-hydrogen) atoms. The first-order valence-electron chi connectivity index (χ1n) is 8.88. The summed E-state index contributed by atoms with van der Waals surface area (Å²) in [6.45, 7) is 1.82. The van der Waals surface area contributed by atoms with Crippen molar-refractivity contribution in [3.8, 4) is 5.75 Å². The Hall–Kier alpha value is -2.40. The van der Waals surface area contributed by atoms with Crippen molar-refractivity contribution in [1.82, 2.24) is 4.90 Å². The van der Waals surface area contributed by atoms with Gasteiger partial charge in [-0.3, -0.25) is 15.0 Å². The molecule has 3 atom stereocenters. The molecule has 2 bridgehead atoms. The Morgan fingerprint density at radius 2 is 1.96 bits per heavy atom. The topological polar surface area (TPSA) is 55.6 Å². The number of hydrogen-bond acceptors (Lipinski definition) is 4. The molecule has 2 aromatic carbocycles. The first-order valence-corrected chi connectivity index (χ1v) is 8.88. The normalized spacial score (nSPS) is 25.7. The monoisotopic (exact) mass is 338 g/mol. The molecule has 5 nitrogen and oxygen atoms in total. The third-order valence-corrected chi connectivity index (χ3v) is 5.45. The Morgan fingerprint density at radius 1 is 1.12 bits per heavy atom. The molecule has 1 saturated heterocycles. The van der Waals surface area contributed by atoms with E-state index in [1.54, 1.807) is 6.07 Å². The molecule has 0 unspecified atom stereocenters. The average molecular weight is 338 g/mol. The second-order valence-corrected chi connectivity index (χ2v) is 7.05. The second kappa shape index (κ2) is 6.84. The summed E-state index contributed by atoms with van der Waals surface area (Å²) in [6, 6.07) is 17.7. The number of likely N-dealkylation sites (tertiary alicyclic amines) is 1. The fourth-order valence-electron chi connectivity index (χ4n) is 4.18. The van der Waals surface area contributed by atoms with E-state index in [0.29, 0.717) is 17.7 Å². The van der Waals surface area contributed by atoms with Crippen LogP contribution in [0.2, 0.25) is 0 Å². The molecule has 0 radical (unpaired) electrons. The number of benzene rings is 2. The summed E-state index contributed by atoms with van der Waals surface area (Å²) in [7, 11) is 0. The van der Waals surface area contributed by atoms with Crippen LogP contribution in [0.25, 0.3) is 0 Å². The standard InChI is InChI=1S/C20H22N2O3/c23-22(24)18-7-4-8-19(12-18)25-20-14-21(17-10-9-16(20)11-17)13-15-5-2-1-3-6-15/h1-8,12,16-17,20H,9-11,13-14H2/t16-,17+,20-/m0/s1. The zero-order valence-corrected chi connectivity index (χ0v) is 14.1. The van der Waals surface area contributed by atoms with Crippen LogP contribution >= 0.6 is 0 Å². The van der Waals surface area contributed by atoms with Crippen LogP contribution in [0.15, 0.2) is 54.6 Å². The van der Waals surface area contributed by atoms with Gasteiger partial charge in [0.1, 0.15) is 11.9 Å². The van der Waals surface area contributed by atoms with Gasteiger partial charge in [0.25, 0.3) is 5.69 Å². The van der Waals surface area contributed by atoms with Crippen molar-refractivity contribution in [2.45, 2.75) is 38.0 Å². The maximum atomic E-state index is 11.0. The largest absolute Gasteiger partial charge is 0.489 e. The molecule has 2 aromatic rings. The number of nitro groups is 1. The molecule has 0 spiro atoms. The smallest absolute Gasteiger partial charge is 0.273 e. The predicted molar refractivity (Wildman–Crippen MR) is 95.5 cm³/mol. The quantitative estimate of drug-likeness (QED) is 0.610. The summed E-state index contributed by atoms with van der Waals surface area (Å²) < 4.78 is 6.20. The third kappa shape index (κ3) is 3.51. The van der Waals surface area contributed by atoms with Crippen molar-refractivity contribution >= 4 is 5.69 Å². The van der Waals surface area contributed by atoms with Gasteiger partial charge in [-0.1, -0.05) is 36.4 Å². The van der Waals surface area contributed by atoms with Crippen molar-refractivity contribution in [2.75, 3.05) is 6.54 Å². The molecule has 1 saturated carbocycles. The van der Waals surface area contributed by atoms with Gasteiger partial charge >= 0.3 is 0 Å². The van der Waals surface area contributed by atoms with Crippen LogP contribution in [0.3, 0.4) is 0 Å². The van der Waals surface area contributed by atoms with Crippen molar-refractivity contribution in [2.24, 2.45) is 5.92 Å². The van der Waals surface area contributed by atoms with Crippen molar-refractivity contribution in [3.63, 3.8) is 0 Å². The summed E-state index contributed by atoms with van der Waals surface area (Å²) in [5.74, 6) is 1.15. The number of nitro benzene ring substituents is 1. The summed E-state index contributed by atoms with van der Waals surface area (Å²) in [4.78, 5) is 13.1. The van der Waals surface area contributed by atoms with Crippen LogP contribution in [0.4, 0.5) is 5.69 Å². The predicted octanol–water partition coefficient (Wildman–Crippen LogP) is 4.03. The Morgan fingerprint density at radius 3 is 2.76 bits per heavy atom. The highest BCUT2D eigenvalue weighted by Gasteiger charge is 2.41. The fraction of sp³-hybridized carbons (Fsp3) is 0.400. The molecule has 1 aliphatic heterocycles. The van der Waals surface area contributed by atoms with Gasteiger partial charge in [-0.2, -0.15) is 0 Å². The number of hydrogen-bond donors (Lipinski definition) is 0. The first-order chi connectivity index (χ1) is 12.2. The highest BCUT2D eigenvalue weighted by molar-refractivity contribution is 5.38. The number of nitrogens with zero attached hydrogens (tertiary/aromatic N) is 2. The van der Waals surface area contributed by atoms with Crippen molar-refractivity contribution in [1.29, 1.82) is 0 Å². The highest BCUT2D eigenvalue weighted by atomic mass is 16.6. The number of ether oxygens (including phenoxy) is 1. The van der Waals surface area contributed by atoms with Gasteiger partial charge < -0.3 is 4.74 Å². The fourth-order valence-corrected chi connectivity index (χ4v) is 4.18. The van der Waals surface area contributed by atoms with E-state index in [1.807, 2.05) is 12.1 Å². The Labute approximate surface area is 147 Å². The van der Waals surface area contributed by atoms with Crippen molar-refractivity contribution in [3.05, 3.63) is 70.3 Å². The first kappa shape index (κ1) is 16.1. The molecule has 1 heterocycles. The van der Waals surface area contributed by atoms with Crippen LogP contribution in [-0.4, -0.2) is 28.5 Å². The van der Waals surface area contributed by atoms with Gasteiger partial charge in [-0.05, 0) is 36.8 Å². The minimum Gasteiger partial charge on any atom is -0.489 e. The van der Waals surface area contributed by atoms with Crippen LogP contribution in [-0.2, 0) is 6.54 Å². The summed E-state index contributed by atoms with van der Waals surface area (Å²) in [5.41, 5.74) is 1.40. The lowest BCUT2D eigenvalue weighted by atomic mass is 9.95. The van der Waals surface area contributed by atoms with E-state index < -0.39 is 0 Å². The molecule has 0 N–H and O–H groups in total. The number of piperidine rings is 1. The zero-order chi connectivity index (χ0) is 17.2. The SMILES string of the molecule is O=[N+]([O-])c1cccc(O[C@H]2CN(Cc3ccccc3)[C@@H]3CC[C@H]2C3)c1. The second-order valence-electron chi connectivity index (χ2n) is 7.05. The van der Waals surface area contributed by atoms with E-state index in [2.05, 4.69) is 29.2 Å². The van der Waals surface area contributed by atoms with E-state index in [0.717, 1.165) is 19.5 Å². The maximum absolute atomic E-state index is 11.0. The molecule has 0 aromatic heterocycles. The highest BCUT2D eigenvalue weighted by Crippen LogP contribution is 2.39. The number of fused-ring (bicyclic) bond motifs is 2. The van der Waals surface area contributed by atoms with E-state index in [4.69, 9.17) is 4.74 Å². The molecule has 0 amide bonds. The summed E-state index contributed by atoms with van der Waals surface area (Å²) >= 11 is 0. The van der Waals surface area contributed by atoms with Crippen LogP contribution in [0.5, 0.6) is 5.75 Å². The van der Waals surface area contributed by atoms with Crippen LogP contribution < -0.4 is 4.74 Å². The summed E-state index contributed by atoms with van der Waals surface area (Å²) in [6.07, 6.45) is 3.65. The van der Waals surface area contributed by atoms with Gasteiger partial charge in [-0.15, -0.1) is 0 Å². The lowest BCUT2D eigenvalue weighted by molar-refractivity contribution is -0.385. The van der Waals surface area contributed by atoms with E-state index in [-0.39, 0.29) is 16.7 Å². The molecule has 4 rings (SSSR count). The molecule has 5 heteroatoms.